The van der Waals surface area contributed by atoms with Crippen LogP contribution in [-0.4, -0.2) is 69.8 Å². The van der Waals surface area contributed by atoms with Crippen LogP contribution in [0, 0.1) is 0 Å². The number of nitrogens with zero attached hydrogens (tertiary/aromatic N) is 1. The lowest BCUT2D eigenvalue weighted by molar-refractivity contribution is -0.163. The number of carbonyl (C=O) groups excluding carboxylic acids is 5. The van der Waals surface area contributed by atoms with Crippen LogP contribution in [0.25, 0.3) is 0 Å². The molecular formula is C34H31N3O9S2. The molecule has 3 amide bonds. The number of β-lactam (4-membered cyclic amide) rings is 1. The first-order chi connectivity index (χ1) is 23.1. The van der Waals surface area contributed by atoms with Crippen molar-refractivity contribution >= 4 is 58.9 Å². The van der Waals surface area contributed by atoms with E-state index >= 15 is 0 Å². The quantitative estimate of drug-likeness (QED) is 0.105. The zero-order valence-corrected chi connectivity index (χ0v) is 27.5. The molecule has 0 spiro atoms. The van der Waals surface area contributed by atoms with E-state index in [0.717, 1.165) is 16.7 Å². The molecule has 2 aliphatic heterocycles. The Morgan fingerprint density at radius 2 is 1.50 bits per heavy atom. The third kappa shape index (κ3) is 7.34. The van der Waals surface area contributed by atoms with Gasteiger partial charge in [0, 0.05) is 18.2 Å². The van der Waals surface area contributed by atoms with E-state index in [2.05, 4.69) is 10.6 Å². The van der Waals surface area contributed by atoms with Crippen molar-refractivity contribution in [3.8, 4) is 5.75 Å². The summed E-state index contributed by atoms with van der Waals surface area (Å²) in [5.74, 6) is -2.97. The van der Waals surface area contributed by atoms with E-state index in [1.165, 1.54) is 6.92 Å². The molecule has 5 rings (SSSR count). The highest BCUT2D eigenvalue weighted by Gasteiger charge is 2.67. The molecular weight excluding hydrogens is 659 g/mol. The highest BCUT2D eigenvalue weighted by molar-refractivity contribution is 8.00. The maximum atomic E-state index is 14.2. The second kappa shape index (κ2) is 15.1. The average Bonchev–Trinajstić information content (AvgIpc) is 3.09. The Labute approximate surface area is 285 Å². The molecule has 1 saturated heterocycles. The summed E-state index contributed by atoms with van der Waals surface area (Å²) in [6.07, 6.45) is -1.85. The molecule has 0 saturated carbocycles. The lowest BCUT2D eigenvalue weighted by Crippen LogP contribution is -2.86. The fourth-order valence-electron chi connectivity index (χ4n) is 5.12. The number of thioether (sulfide) groups is 1. The number of rotatable bonds is 10. The van der Waals surface area contributed by atoms with Crippen LogP contribution in [0.5, 0.6) is 5.75 Å². The predicted octanol–water partition coefficient (Wildman–Crippen LogP) is 4.02. The lowest BCUT2D eigenvalue weighted by atomic mass is 9.94. The number of hydrogen-bond donors (Lipinski definition) is 2. The van der Waals surface area contributed by atoms with E-state index in [0.29, 0.717) is 16.7 Å². The summed E-state index contributed by atoms with van der Waals surface area (Å²) >= 11 is 6.30. The molecule has 2 atom stereocenters. The van der Waals surface area contributed by atoms with Gasteiger partial charge in [0.25, 0.3) is 11.0 Å². The van der Waals surface area contributed by atoms with Crippen LogP contribution in [0.3, 0.4) is 0 Å². The number of amides is 3. The molecule has 3 aromatic rings. The van der Waals surface area contributed by atoms with Crippen LogP contribution in [0.4, 0.5) is 4.79 Å². The van der Waals surface area contributed by atoms with Crippen LogP contribution in [0.1, 0.15) is 31.1 Å². The summed E-state index contributed by atoms with van der Waals surface area (Å²) in [6.45, 7) is 2.47. The molecule has 12 nitrogen and oxygen atoms in total. The zero-order valence-electron chi connectivity index (χ0n) is 25.9. The maximum absolute atomic E-state index is 14.2. The van der Waals surface area contributed by atoms with Crippen molar-refractivity contribution in [2.45, 2.75) is 31.0 Å². The van der Waals surface area contributed by atoms with Crippen LogP contribution >= 0.6 is 24.0 Å². The number of carbonyl (C=O) groups is 5. The number of thiocarbonyl (C=S) groups is 1. The highest BCUT2D eigenvalue weighted by atomic mass is 32.2. The third-order valence-electron chi connectivity index (χ3n) is 7.25. The first kappa shape index (κ1) is 34.1. The number of alkyl carbamates (subject to hydrolysis) is 1. The molecule has 0 unspecified atom stereocenters. The van der Waals surface area contributed by atoms with Gasteiger partial charge in [0.1, 0.15) is 23.4 Å². The first-order valence-corrected chi connectivity index (χ1v) is 16.3. The van der Waals surface area contributed by atoms with E-state index in [9.17, 15) is 24.0 Å². The Bertz CT molecular complexity index is 1700. The Hall–Kier alpha value is -5.21. The minimum Gasteiger partial charge on any atom is -0.461 e. The fraction of sp³-hybridized carbons (Fsp3) is 0.235. The summed E-state index contributed by atoms with van der Waals surface area (Å²) in [6, 6.07) is 26.4. The van der Waals surface area contributed by atoms with Crippen molar-refractivity contribution in [3.63, 3.8) is 0 Å². The van der Waals surface area contributed by atoms with E-state index < -0.39 is 52.0 Å². The van der Waals surface area contributed by atoms with Gasteiger partial charge in [-0.3, -0.25) is 24.6 Å². The predicted molar refractivity (Wildman–Crippen MR) is 178 cm³/mol. The largest absolute Gasteiger partial charge is 0.461 e. The summed E-state index contributed by atoms with van der Waals surface area (Å²) in [5, 5.41) is 3.40. The summed E-state index contributed by atoms with van der Waals surface area (Å²) in [4.78, 5) is 67.3. The summed E-state index contributed by atoms with van der Waals surface area (Å²) < 4.78 is 21.9. The second-order valence-corrected chi connectivity index (χ2v) is 11.9. The third-order valence-corrected chi connectivity index (χ3v) is 8.91. The van der Waals surface area contributed by atoms with Gasteiger partial charge in [-0.15, -0.1) is 11.8 Å². The Morgan fingerprint density at radius 1 is 0.917 bits per heavy atom. The Morgan fingerprint density at radius 3 is 2.06 bits per heavy atom. The number of hydrogen-bond acceptors (Lipinski definition) is 11. The number of benzene rings is 3. The summed E-state index contributed by atoms with van der Waals surface area (Å²) in [7, 11) is 0. The zero-order chi connectivity index (χ0) is 34.3. The second-order valence-electron chi connectivity index (χ2n) is 10.5. The summed E-state index contributed by atoms with van der Waals surface area (Å²) in [5.41, 5.74) is -0.625. The van der Waals surface area contributed by atoms with Crippen molar-refractivity contribution in [2.75, 3.05) is 19.0 Å². The van der Waals surface area contributed by atoms with Gasteiger partial charge in [-0.05, 0) is 42.4 Å². The first-order valence-electron chi connectivity index (χ1n) is 14.8. The van der Waals surface area contributed by atoms with Crippen molar-refractivity contribution in [1.82, 2.24) is 15.5 Å². The minimum atomic E-state index is -2.09. The van der Waals surface area contributed by atoms with Crippen LogP contribution in [0.15, 0.2) is 102 Å². The highest BCUT2D eigenvalue weighted by Crippen LogP contribution is 2.46. The van der Waals surface area contributed by atoms with E-state index in [4.69, 9.17) is 31.2 Å². The molecule has 0 aromatic heterocycles. The van der Waals surface area contributed by atoms with E-state index in [-0.39, 0.29) is 30.4 Å². The van der Waals surface area contributed by atoms with E-state index in [1.54, 1.807) is 85.8 Å². The van der Waals surface area contributed by atoms with Crippen LogP contribution in [-0.2, 0) is 33.4 Å². The van der Waals surface area contributed by atoms with Gasteiger partial charge < -0.3 is 24.3 Å². The van der Waals surface area contributed by atoms with Crippen LogP contribution < -0.4 is 15.4 Å². The molecule has 1 fully saturated rings. The normalized spacial score (nSPS) is 18.2. The molecule has 48 heavy (non-hydrogen) atoms. The van der Waals surface area contributed by atoms with Crippen molar-refractivity contribution in [1.29, 1.82) is 0 Å². The Balaban J connectivity index is 1.48. The molecule has 0 bridgehead atoms. The van der Waals surface area contributed by atoms with Gasteiger partial charge in [0.15, 0.2) is 6.10 Å². The molecule has 2 N–H and O–H groups in total. The van der Waals surface area contributed by atoms with Gasteiger partial charge in [-0.25, -0.2) is 9.59 Å². The standard InChI is InChI=1S/C34H31N3O9S2/c1-3-43-33(42)36-34(35-28(39)30(47)45-25-17-11-6-12-18-25)31(41)37-26(24(19-44-21(2)38)20-48-32(34)37)29(40)46-27(22-13-7-4-8-14-22)23-15-9-5-10-16-23/h4-18,27,32H,3,19-20H2,1-2H3,(H,35,39)(H,36,42)/t32-,34+/m1/s1. The van der Waals surface area contributed by atoms with Gasteiger partial charge in [0.05, 0.1) is 6.61 Å². The van der Waals surface area contributed by atoms with Crippen molar-refractivity contribution in [2.24, 2.45) is 0 Å². The maximum Gasteiger partial charge on any atom is 0.409 e. The molecule has 3 aromatic carbocycles. The fourth-order valence-corrected chi connectivity index (χ4v) is 6.66. The topological polar surface area (TPSA) is 150 Å². The molecule has 0 aliphatic carbocycles. The van der Waals surface area contributed by atoms with Gasteiger partial charge in [-0.2, -0.15) is 0 Å². The van der Waals surface area contributed by atoms with Crippen molar-refractivity contribution < 1.29 is 42.9 Å². The molecule has 14 heteroatoms. The number of ether oxygens (including phenoxy) is 4. The van der Waals surface area contributed by atoms with E-state index in [1.807, 2.05) is 12.1 Å². The van der Waals surface area contributed by atoms with Crippen molar-refractivity contribution in [3.05, 3.63) is 113 Å². The smallest absolute Gasteiger partial charge is 0.409 e. The minimum absolute atomic E-state index is 0.0223. The lowest BCUT2D eigenvalue weighted by Gasteiger charge is -2.56. The number of para-hydroxylation sites is 1. The molecule has 2 aliphatic rings. The Kier molecular flexibility index (Phi) is 10.8. The average molecular weight is 690 g/mol. The molecule has 248 valence electrons. The number of nitrogens with one attached hydrogen (secondary N) is 2. The molecule has 0 radical (unpaired) electrons. The monoisotopic (exact) mass is 689 g/mol. The van der Waals surface area contributed by atoms with Gasteiger partial charge in [0.2, 0.25) is 5.66 Å². The number of esters is 2. The number of fused-ring (bicyclic) bond motifs is 1. The van der Waals surface area contributed by atoms with Gasteiger partial charge in [-0.1, -0.05) is 78.9 Å². The van der Waals surface area contributed by atoms with Gasteiger partial charge >= 0.3 is 23.9 Å². The SMILES string of the molecule is CCOC(=O)N[C@@]1(NC(=O)C(=S)Oc2ccccc2)C(=O)N2C(C(=O)OC(c3ccccc3)c3ccccc3)=C(COC(C)=O)CS[C@@H]21. The van der Waals surface area contributed by atoms with Crippen LogP contribution in [0.2, 0.25) is 0 Å². The molecule has 2 heterocycles.